The maximum absolute atomic E-state index is 14.9. The second-order valence-corrected chi connectivity index (χ2v) is 11.4. The number of likely N-dealkylation sites (tertiary alicyclic amines) is 2. The second kappa shape index (κ2) is 9.29. The van der Waals surface area contributed by atoms with Crippen LogP contribution in [0.15, 0.2) is 16.9 Å². The Bertz CT molecular complexity index is 1270. The number of halogens is 1. The van der Waals surface area contributed by atoms with Crippen LogP contribution in [-0.2, 0) is 9.59 Å². The number of nitrogens with one attached hydrogen (secondary N) is 1. The highest BCUT2D eigenvalue weighted by molar-refractivity contribution is 5.82. The molecule has 1 N–H and O–H groups in total. The van der Waals surface area contributed by atoms with Gasteiger partial charge < -0.3 is 19.4 Å². The molecule has 2 amide bonds. The maximum atomic E-state index is 14.9. The minimum atomic E-state index is -0.646. The maximum Gasteiger partial charge on any atom is 0.263 e. The third kappa shape index (κ3) is 4.78. The lowest BCUT2D eigenvalue weighted by Crippen LogP contribution is -2.61. The molecule has 3 saturated heterocycles. The first-order valence-corrected chi connectivity index (χ1v) is 13.5. The van der Waals surface area contributed by atoms with Crippen molar-refractivity contribution in [2.24, 2.45) is 17.3 Å². The molecule has 6 rings (SSSR count). The van der Waals surface area contributed by atoms with Gasteiger partial charge in [-0.3, -0.25) is 19.4 Å². The zero-order valence-corrected chi connectivity index (χ0v) is 21.3. The number of rotatable bonds is 5. The molecule has 1 spiro atoms. The third-order valence-corrected chi connectivity index (χ3v) is 8.68. The number of hydrogen-bond donors (Lipinski definition) is 1. The number of piperidine rings is 2. The van der Waals surface area contributed by atoms with Crippen LogP contribution >= 0.6 is 0 Å². The summed E-state index contributed by atoms with van der Waals surface area (Å²) in [6.07, 6.45) is 5.67. The van der Waals surface area contributed by atoms with Crippen LogP contribution in [0.3, 0.4) is 0 Å². The van der Waals surface area contributed by atoms with Crippen LogP contribution in [0.2, 0.25) is 0 Å². The highest BCUT2D eigenvalue weighted by Crippen LogP contribution is 2.43. The minimum absolute atomic E-state index is 0.0620. The van der Waals surface area contributed by atoms with Gasteiger partial charge in [-0.2, -0.15) is 0 Å². The summed E-state index contributed by atoms with van der Waals surface area (Å²) >= 11 is 0. The van der Waals surface area contributed by atoms with Gasteiger partial charge in [0, 0.05) is 69.7 Å². The Morgan fingerprint density at radius 2 is 1.78 bits per heavy atom. The van der Waals surface area contributed by atoms with Crippen molar-refractivity contribution < 1.29 is 18.7 Å². The lowest BCUT2D eigenvalue weighted by molar-refractivity contribution is -0.135. The van der Waals surface area contributed by atoms with E-state index in [1.54, 1.807) is 13.0 Å². The van der Waals surface area contributed by atoms with Gasteiger partial charge in [0.15, 0.2) is 0 Å². The van der Waals surface area contributed by atoms with Crippen LogP contribution in [0, 0.1) is 23.1 Å². The Kier molecular flexibility index (Phi) is 6.07. The summed E-state index contributed by atoms with van der Waals surface area (Å²) < 4.78 is 20.8. The van der Waals surface area contributed by atoms with Gasteiger partial charge in [0.05, 0.1) is 12.1 Å². The highest BCUT2D eigenvalue weighted by atomic mass is 19.1. The fourth-order valence-corrected chi connectivity index (χ4v) is 6.07. The summed E-state index contributed by atoms with van der Waals surface area (Å²) in [5.74, 6) is 1.11. The monoisotopic (exact) mass is 511 g/mol. The Hall–Kier alpha value is -3.17. The zero-order chi connectivity index (χ0) is 25.7. The minimum Gasteiger partial charge on any atom is -0.493 e. The summed E-state index contributed by atoms with van der Waals surface area (Å²) in [6.45, 7) is 6.56. The van der Waals surface area contributed by atoms with Gasteiger partial charge in [-0.05, 0) is 44.4 Å². The SMILES string of the molecule is CC(=O)N1CCC(COc2cc(F)c3c(=O)[nH]c(N4CC5(CCN(C(=O)C6CC6)CC5)C4)nc3c2)CC1. The van der Waals surface area contributed by atoms with E-state index in [9.17, 15) is 18.8 Å². The summed E-state index contributed by atoms with van der Waals surface area (Å²) in [5.41, 5.74) is -0.0698. The number of ether oxygens (including phenoxy) is 1. The summed E-state index contributed by atoms with van der Waals surface area (Å²) in [4.78, 5) is 49.9. The number of nitrogens with zero attached hydrogens (tertiary/aromatic N) is 4. The molecule has 3 aliphatic heterocycles. The molecule has 37 heavy (non-hydrogen) atoms. The normalized spacial score (nSPS) is 21.8. The number of carbonyl (C=O) groups is 2. The lowest BCUT2D eigenvalue weighted by Gasteiger charge is -2.54. The molecule has 10 heteroatoms. The molecule has 1 aromatic carbocycles. The quantitative estimate of drug-likeness (QED) is 0.663. The van der Waals surface area contributed by atoms with Gasteiger partial charge in [0.1, 0.15) is 17.0 Å². The summed E-state index contributed by atoms with van der Waals surface area (Å²) in [5, 5.41) is -0.0620. The number of H-pyrrole nitrogens is 1. The van der Waals surface area contributed by atoms with Gasteiger partial charge in [0.2, 0.25) is 17.8 Å². The molecule has 1 saturated carbocycles. The third-order valence-electron chi connectivity index (χ3n) is 8.68. The van der Waals surface area contributed by atoms with E-state index in [1.165, 1.54) is 6.07 Å². The van der Waals surface area contributed by atoms with Crippen LogP contribution in [0.4, 0.5) is 10.3 Å². The van der Waals surface area contributed by atoms with E-state index in [2.05, 4.69) is 9.97 Å². The van der Waals surface area contributed by atoms with Crippen LogP contribution in [0.1, 0.15) is 45.4 Å². The van der Waals surface area contributed by atoms with Gasteiger partial charge in [0.25, 0.3) is 5.56 Å². The summed E-state index contributed by atoms with van der Waals surface area (Å²) in [6, 6.07) is 2.89. The summed E-state index contributed by atoms with van der Waals surface area (Å²) in [7, 11) is 0. The predicted molar refractivity (Wildman–Crippen MR) is 136 cm³/mol. The molecule has 1 aromatic heterocycles. The van der Waals surface area contributed by atoms with Crippen molar-refractivity contribution in [2.75, 3.05) is 50.8 Å². The average Bonchev–Trinajstić information content (AvgIpc) is 3.71. The number of fused-ring (bicyclic) bond motifs is 1. The van der Waals surface area contributed by atoms with Crippen molar-refractivity contribution in [1.29, 1.82) is 0 Å². The van der Waals surface area contributed by atoms with E-state index in [4.69, 9.17) is 4.74 Å². The van der Waals surface area contributed by atoms with Crippen LogP contribution in [0.5, 0.6) is 5.75 Å². The predicted octanol–water partition coefficient (Wildman–Crippen LogP) is 2.54. The lowest BCUT2D eigenvalue weighted by atomic mass is 9.72. The second-order valence-electron chi connectivity index (χ2n) is 11.4. The van der Waals surface area contributed by atoms with E-state index in [1.807, 2.05) is 14.7 Å². The number of anilines is 1. The Morgan fingerprint density at radius 1 is 1.08 bits per heavy atom. The van der Waals surface area contributed by atoms with Crippen molar-refractivity contribution in [3.63, 3.8) is 0 Å². The van der Waals surface area contributed by atoms with E-state index < -0.39 is 11.4 Å². The number of aromatic nitrogens is 2. The molecule has 1 aliphatic carbocycles. The molecular formula is C27H34FN5O4. The number of benzene rings is 1. The molecule has 0 unspecified atom stereocenters. The Labute approximate surface area is 215 Å². The number of hydrogen-bond acceptors (Lipinski definition) is 6. The van der Waals surface area contributed by atoms with E-state index in [0.717, 1.165) is 64.7 Å². The molecule has 4 heterocycles. The van der Waals surface area contributed by atoms with Crippen LogP contribution < -0.4 is 15.2 Å². The number of aromatic amines is 1. The van der Waals surface area contributed by atoms with E-state index in [0.29, 0.717) is 43.2 Å². The van der Waals surface area contributed by atoms with Crippen molar-refractivity contribution in [3.05, 3.63) is 28.3 Å². The van der Waals surface area contributed by atoms with Crippen molar-refractivity contribution >= 4 is 28.7 Å². The van der Waals surface area contributed by atoms with Gasteiger partial charge >= 0.3 is 0 Å². The Morgan fingerprint density at radius 3 is 2.43 bits per heavy atom. The molecule has 9 nitrogen and oxygen atoms in total. The molecule has 4 aliphatic rings. The van der Waals surface area contributed by atoms with Crippen molar-refractivity contribution in [1.82, 2.24) is 19.8 Å². The highest BCUT2D eigenvalue weighted by Gasteiger charge is 2.47. The van der Waals surface area contributed by atoms with Crippen molar-refractivity contribution in [3.8, 4) is 5.75 Å². The van der Waals surface area contributed by atoms with E-state index >= 15 is 0 Å². The molecule has 0 bridgehead atoms. The van der Waals surface area contributed by atoms with Crippen molar-refractivity contribution in [2.45, 2.75) is 45.4 Å². The van der Waals surface area contributed by atoms with Gasteiger partial charge in [-0.1, -0.05) is 0 Å². The Balaban J connectivity index is 1.10. The van der Waals surface area contributed by atoms with Crippen LogP contribution in [-0.4, -0.2) is 77.5 Å². The largest absolute Gasteiger partial charge is 0.493 e. The fraction of sp³-hybridized carbons (Fsp3) is 0.630. The smallest absolute Gasteiger partial charge is 0.263 e. The topological polar surface area (TPSA) is 98.8 Å². The standard InChI is InChI=1S/C27H34FN5O4/c1-17(34)31-8-4-18(5-9-31)14-37-20-12-21(28)23-22(13-20)29-26(30-24(23)35)33-15-27(16-33)6-10-32(11-7-27)25(36)19-2-3-19/h12-13,18-19H,2-11,14-16H2,1H3,(H,29,30,35). The van der Waals surface area contributed by atoms with Gasteiger partial charge in [-0.15, -0.1) is 0 Å². The number of carbonyl (C=O) groups excluding carboxylic acids is 2. The molecule has 0 atom stereocenters. The molecule has 4 fully saturated rings. The first-order chi connectivity index (χ1) is 17.8. The first kappa shape index (κ1) is 24.2. The fourth-order valence-electron chi connectivity index (χ4n) is 6.07. The van der Waals surface area contributed by atoms with E-state index in [-0.39, 0.29) is 28.1 Å². The average molecular weight is 512 g/mol. The van der Waals surface area contributed by atoms with Crippen LogP contribution in [0.25, 0.3) is 10.9 Å². The zero-order valence-electron chi connectivity index (χ0n) is 21.3. The van der Waals surface area contributed by atoms with Gasteiger partial charge in [-0.25, -0.2) is 9.37 Å². The molecule has 0 radical (unpaired) electrons. The first-order valence-electron chi connectivity index (χ1n) is 13.5. The molecule has 2 aromatic rings. The molecule has 198 valence electrons. The molecular weight excluding hydrogens is 477 g/mol. The number of amides is 2.